The molecule has 1 amide bonds. The van der Waals surface area contributed by atoms with Crippen LogP contribution in [0.1, 0.15) is 28.1 Å². The SMILES string of the molecule is Cc1cccc(-n2c(N)c(C(=O)NC[C@H]3CCCO3)sc2=S)c1. The summed E-state index contributed by atoms with van der Waals surface area (Å²) in [5.41, 5.74) is 8.17. The lowest BCUT2D eigenvalue weighted by molar-refractivity contribution is 0.0861. The summed E-state index contributed by atoms with van der Waals surface area (Å²) in [6.45, 7) is 3.28. The molecule has 0 saturated carbocycles. The number of nitrogens with one attached hydrogen (secondary N) is 1. The second-order valence-electron chi connectivity index (χ2n) is 5.60. The van der Waals surface area contributed by atoms with Crippen LogP contribution in [0.2, 0.25) is 0 Å². The molecular weight excluding hydrogens is 330 g/mol. The van der Waals surface area contributed by atoms with Gasteiger partial charge in [-0.15, -0.1) is 0 Å². The smallest absolute Gasteiger partial charge is 0.265 e. The van der Waals surface area contributed by atoms with Crippen molar-refractivity contribution in [1.82, 2.24) is 9.88 Å². The molecule has 1 aliphatic rings. The molecule has 0 radical (unpaired) electrons. The van der Waals surface area contributed by atoms with E-state index in [0.717, 1.165) is 30.7 Å². The first-order chi connectivity index (χ1) is 11.1. The molecule has 2 heterocycles. The molecule has 0 unspecified atom stereocenters. The van der Waals surface area contributed by atoms with Gasteiger partial charge in [-0.25, -0.2) is 0 Å². The Morgan fingerprint density at radius 2 is 2.39 bits per heavy atom. The molecule has 5 nitrogen and oxygen atoms in total. The van der Waals surface area contributed by atoms with Crippen LogP contribution in [0.3, 0.4) is 0 Å². The van der Waals surface area contributed by atoms with Gasteiger partial charge in [0.1, 0.15) is 10.7 Å². The quantitative estimate of drug-likeness (QED) is 0.833. The maximum absolute atomic E-state index is 12.4. The van der Waals surface area contributed by atoms with Crippen LogP contribution in [0.15, 0.2) is 24.3 Å². The van der Waals surface area contributed by atoms with Crippen molar-refractivity contribution in [2.24, 2.45) is 0 Å². The third-order valence-corrected chi connectivity index (χ3v) is 5.21. The Balaban J connectivity index is 1.82. The molecule has 7 heteroatoms. The highest BCUT2D eigenvalue weighted by Crippen LogP contribution is 2.26. The van der Waals surface area contributed by atoms with E-state index in [0.29, 0.717) is 21.2 Å². The molecule has 1 aromatic carbocycles. The van der Waals surface area contributed by atoms with Crippen LogP contribution in [0.4, 0.5) is 5.82 Å². The van der Waals surface area contributed by atoms with Crippen molar-refractivity contribution < 1.29 is 9.53 Å². The fourth-order valence-electron chi connectivity index (χ4n) is 2.65. The summed E-state index contributed by atoms with van der Waals surface area (Å²) >= 11 is 6.63. The number of carbonyl (C=O) groups is 1. The second-order valence-corrected chi connectivity index (χ2v) is 7.25. The monoisotopic (exact) mass is 349 g/mol. The number of aromatic nitrogens is 1. The Kier molecular flexibility index (Phi) is 4.79. The van der Waals surface area contributed by atoms with Crippen LogP contribution in [-0.4, -0.2) is 29.7 Å². The Bertz CT molecular complexity index is 776. The molecule has 0 spiro atoms. The predicted molar refractivity (Wildman–Crippen MR) is 94.9 cm³/mol. The van der Waals surface area contributed by atoms with Gasteiger partial charge in [0, 0.05) is 18.8 Å². The van der Waals surface area contributed by atoms with Crippen molar-refractivity contribution in [3.63, 3.8) is 0 Å². The summed E-state index contributed by atoms with van der Waals surface area (Å²) in [5, 5.41) is 2.89. The maximum Gasteiger partial charge on any atom is 0.265 e. The van der Waals surface area contributed by atoms with Gasteiger partial charge < -0.3 is 15.8 Å². The van der Waals surface area contributed by atoms with Crippen LogP contribution in [0.5, 0.6) is 0 Å². The number of benzene rings is 1. The number of nitrogens with zero attached hydrogens (tertiary/aromatic N) is 1. The largest absolute Gasteiger partial charge is 0.383 e. The number of hydrogen-bond donors (Lipinski definition) is 2. The van der Waals surface area contributed by atoms with Crippen LogP contribution in [0.25, 0.3) is 5.69 Å². The van der Waals surface area contributed by atoms with Gasteiger partial charge in [-0.2, -0.15) is 0 Å². The molecule has 0 bridgehead atoms. The molecule has 3 rings (SSSR count). The first-order valence-electron chi connectivity index (χ1n) is 7.54. The van der Waals surface area contributed by atoms with Crippen molar-refractivity contribution in [3.05, 3.63) is 38.7 Å². The van der Waals surface area contributed by atoms with E-state index in [9.17, 15) is 4.79 Å². The highest BCUT2D eigenvalue weighted by molar-refractivity contribution is 7.73. The Morgan fingerprint density at radius 3 is 3.09 bits per heavy atom. The van der Waals surface area contributed by atoms with Gasteiger partial charge in [-0.05, 0) is 49.7 Å². The number of ether oxygens (including phenoxy) is 1. The summed E-state index contributed by atoms with van der Waals surface area (Å²) in [6, 6.07) is 7.87. The summed E-state index contributed by atoms with van der Waals surface area (Å²) in [5.74, 6) is 0.191. The number of aryl methyl sites for hydroxylation is 1. The fourth-order valence-corrected chi connectivity index (χ4v) is 3.94. The van der Waals surface area contributed by atoms with Gasteiger partial charge in [-0.3, -0.25) is 9.36 Å². The number of rotatable bonds is 4. The van der Waals surface area contributed by atoms with E-state index in [1.807, 2.05) is 31.2 Å². The van der Waals surface area contributed by atoms with Crippen LogP contribution >= 0.6 is 23.6 Å². The number of nitrogens with two attached hydrogens (primary N) is 1. The van der Waals surface area contributed by atoms with E-state index in [1.54, 1.807) is 4.57 Å². The van der Waals surface area contributed by atoms with Crippen LogP contribution < -0.4 is 11.1 Å². The lowest BCUT2D eigenvalue weighted by Gasteiger charge is -2.11. The number of carbonyl (C=O) groups excluding carboxylic acids is 1. The summed E-state index contributed by atoms with van der Waals surface area (Å²) in [6.07, 6.45) is 2.13. The number of nitrogen functional groups attached to an aromatic ring is 1. The van der Waals surface area contributed by atoms with Gasteiger partial charge in [0.15, 0.2) is 3.95 Å². The van der Waals surface area contributed by atoms with E-state index >= 15 is 0 Å². The average molecular weight is 349 g/mol. The first-order valence-corrected chi connectivity index (χ1v) is 8.77. The highest BCUT2D eigenvalue weighted by Gasteiger charge is 2.21. The van der Waals surface area contributed by atoms with Gasteiger partial charge in [-0.1, -0.05) is 23.5 Å². The fraction of sp³-hybridized carbons (Fsp3) is 0.375. The highest BCUT2D eigenvalue weighted by atomic mass is 32.1. The number of anilines is 1. The summed E-state index contributed by atoms with van der Waals surface area (Å²) in [7, 11) is 0. The molecule has 1 saturated heterocycles. The number of hydrogen-bond acceptors (Lipinski definition) is 5. The van der Waals surface area contributed by atoms with E-state index in [4.69, 9.17) is 22.7 Å². The molecule has 1 fully saturated rings. The van der Waals surface area contributed by atoms with Crippen molar-refractivity contribution in [2.75, 3.05) is 18.9 Å². The maximum atomic E-state index is 12.4. The van der Waals surface area contributed by atoms with Crippen molar-refractivity contribution in [1.29, 1.82) is 0 Å². The molecule has 122 valence electrons. The molecule has 23 heavy (non-hydrogen) atoms. The molecule has 2 aromatic rings. The molecule has 1 atom stereocenters. The summed E-state index contributed by atoms with van der Waals surface area (Å²) < 4.78 is 7.82. The number of thiazole rings is 1. The standard InChI is InChI=1S/C16H19N3O2S2/c1-10-4-2-5-11(8-10)19-14(17)13(23-16(19)22)15(20)18-9-12-6-3-7-21-12/h2,4-5,8,12H,3,6-7,9,17H2,1H3,(H,18,20)/t12-/m1/s1. The van der Waals surface area contributed by atoms with Crippen LogP contribution in [-0.2, 0) is 4.74 Å². The summed E-state index contributed by atoms with van der Waals surface area (Å²) in [4.78, 5) is 12.8. The minimum Gasteiger partial charge on any atom is -0.383 e. The normalized spacial score (nSPS) is 17.3. The first kappa shape index (κ1) is 16.2. The minimum absolute atomic E-state index is 0.104. The van der Waals surface area contributed by atoms with E-state index in [-0.39, 0.29) is 12.0 Å². The molecule has 1 aliphatic heterocycles. The van der Waals surface area contributed by atoms with Crippen molar-refractivity contribution in [3.8, 4) is 5.69 Å². The van der Waals surface area contributed by atoms with Gasteiger partial charge in [0.05, 0.1) is 6.10 Å². The Hall–Kier alpha value is -1.70. The Labute approximate surface area is 144 Å². The third-order valence-electron chi connectivity index (χ3n) is 3.83. The topological polar surface area (TPSA) is 69.3 Å². The predicted octanol–water partition coefficient (Wildman–Crippen LogP) is 3.07. The second kappa shape index (κ2) is 6.82. The average Bonchev–Trinajstić information content (AvgIpc) is 3.13. The zero-order chi connectivity index (χ0) is 16.4. The lowest BCUT2D eigenvalue weighted by atomic mass is 10.2. The minimum atomic E-state index is -0.194. The van der Waals surface area contributed by atoms with E-state index in [2.05, 4.69) is 5.32 Å². The Morgan fingerprint density at radius 1 is 1.57 bits per heavy atom. The van der Waals surface area contributed by atoms with E-state index < -0.39 is 0 Å². The van der Waals surface area contributed by atoms with Crippen molar-refractivity contribution >= 4 is 35.3 Å². The van der Waals surface area contributed by atoms with Gasteiger partial charge in [0.2, 0.25) is 0 Å². The lowest BCUT2D eigenvalue weighted by Crippen LogP contribution is -2.31. The van der Waals surface area contributed by atoms with Crippen LogP contribution in [0, 0.1) is 10.9 Å². The zero-order valence-corrected chi connectivity index (χ0v) is 14.5. The van der Waals surface area contributed by atoms with Gasteiger partial charge >= 0.3 is 0 Å². The zero-order valence-electron chi connectivity index (χ0n) is 12.9. The molecule has 1 aromatic heterocycles. The van der Waals surface area contributed by atoms with E-state index in [1.165, 1.54) is 11.3 Å². The van der Waals surface area contributed by atoms with Gasteiger partial charge in [0.25, 0.3) is 5.91 Å². The van der Waals surface area contributed by atoms with Crippen molar-refractivity contribution in [2.45, 2.75) is 25.9 Å². The third kappa shape index (κ3) is 3.46. The molecule has 0 aliphatic carbocycles. The number of amides is 1. The molecule has 3 N–H and O–H groups in total. The molecular formula is C16H19N3O2S2.